The molecule has 9 heteroatoms. The van der Waals surface area contributed by atoms with E-state index in [4.69, 9.17) is 11.0 Å². The van der Waals surface area contributed by atoms with Crippen molar-refractivity contribution in [3.05, 3.63) is 23.8 Å². The largest absolute Gasteiger partial charge is 0.399 e. The third kappa shape index (κ3) is 2.17. The van der Waals surface area contributed by atoms with Crippen molar-refractivity contribution in [1.82, 2.24) is 9.62 Å². The zero-order chi connectivity index (χ0) is 14.9. The van der Waals surface area contributed by atoms with Gasteiger partial charge < -0.3 is 11.1 Å². The molecular weight excluding hydrogens is 284 g/mol. The molecular formula is C11H10N4O4S. The number of hydrogen-bond acceptors (Lipinski definition) is 6. The number of amides is 2. The monoisotopic (exact) mass is 294 g/mol. The first-order chi connectivity index (χ1) is 9.37. The first-order valence-electron chi connectivity index (χ1n) is 5.48. The number of nitrogen functional groups attached to an aromatic ring is 1. The van der Waals surface area contributed by atoms with Crippen LogP contribution in [0.1, 0.15) is 10.4 Å². The molecule has 2 amide bonds. The van der Waals surface area contributed by atoms with Gasteiger partial charge in [-0.15, -0.1) is 0 Å². The van der Waals surface area contributed by atoms with Gasteiger partial charge in [0, 0.05) is 5.69 Å². The molecule has 20 heavy (non-hydrogen) atoms. The Hall–Kier alpha value is -2.60. The molecule has 0 saturated heterocycles. The average molecular weight is 294 g/mol. The molecule has 0 atom stereocenters. The molecule has 0 saturated carbocycles. The average Bonchev–Trinajstić information content (AvgIpc) is 2.57. The molecule has 2 rings (SSSR count). The lowest BCUT2D eigenvalue weighted by atomic mass is 10.2. The van der Waals surface area contributed by atoms with E-state index in [1.807, 2.05) is 0 Å². The second kappa shape index (κ2) is 4.82. The number of benzene rings is 1. The number of carbonyl (C=O) groups excluding carboxylic acids is 2. The summed E-state index contributed by atoms with van der Waals surface area (Å²) in [6, 6.07) is 5.57. The van der Waals surface area contributed by atoms with Gasteiger partial charge in [0.05, 0.1) is 11.6 Å². The molecule has 8 nitrogen and oxygen atoms in total. The number of hydrogen-bond donors (Lipinski definition) is 2. The molecule has 0 spiro atoms. The SMILES string of the molecule is N#CCNC(=O)CN1C(=O)c2ccc(N)cc2S1(=O)=O. The fraction of sp³-hybridized carbons (Fsp3) is 0.182. The zero-order valence-electron chi connectivity index (χ0n) is 10.2. The fourth-order valence-electron chi connectivity index (χ4n) is 1.77. The lowest BCUT2D eigenvalue weighted by molar-refractivity contribution is -0.120. The maximum absolute atomic E-state index is 12.2. The predicted octanol–water partition coefficient (Wildman–Crippen LogP) is -0.947. The van der Waals surface area contributed by atoms with E-state index in [0.717, 1.165) is 0 Å². The molecule has 0 aromatic heterocycles. The van der Waals surface area contributed by atoms with E-state index in [2.05, 4.69) is 5.32 Å². The number of anilines is 1. The van der Waals surface area contributed by atoms with Crippen LogP contribution in [-0.2, 0) is 14.8 Å². The van der Waals surface area contributed by atoms with Gasteiger partial charge in [-0.05, 0) is 18.2 Å². The molecule has 1 aromatic rings. The summed E-state index contributed by atoms with van der Waals surface area (Å²) in [7, 11) is -4.08. The molecule has 0 fully saturated rings. The first-order valence-corrected chi connectivity index (χ1v) is 6.92. The highest BCUT2D eigenvalue weighted by atomic mass is 32.2. The minimum atomic E-state index is -4.08. The van der Waals surface area contributed by atoms with E-state index in [1.54, 1.807) is 6.07 Å². The van der Waals surface area contributed by atoms with E-state index in [1.165, 1.54) is 18.2 Å². The van der Waals surface area contributed by atoms with Gasteiger partial charge in [-0.1, -0.05) is 0 Å². The quantitative estimate of drug-likeness (QED) is 0.545. The van der Waals surface area contributed by atoms with Crippen LogP contribution in [-0.4, -0.2) is 37.6 Å². The number of carbonyl (C=O) groups is 2. The van der Waals surface area contributed by atoms with Crippen LogP contribution >= 0.6 is 0 Å². The lowest BCUT2D eigenvalue weighted by Gasteiger charge is -2.13. The second-order valence-corrected chi connectivity index (χ2v) is 5.84. The third-order valence-electron chi connectivity index (χ3n) is 2.68. The van der Waals surface area contributed by atoms with Crippen molar-refractivity contribution in [2.24, 2.45) is 0 Å². The highest BCUT2D eigenvalue weighted by molar-refractivity contribution is 7.90. The Bertz CT molecular complexity index is 735. The highest BCUT2D eigenvalue weighted by Gasteiger charge is 2.42. The first kappa shape index (κ1) is 13.8. The summed E-state index contributed by atoms with van der Waals surface area (Å²) in [5.41, 5.74) is 5.68. The van der Waals surface area contributed by atoms with Crippen LogP contribution in [0.25, 0.3) is 0 Å². The molecule has 1 aliphatic heterocycles. The standard InChI is InChI=1S/C11H10N4O4S/c12-3-4-14-10(16)6-15-11(17)8-2-1-7(13)5-9(8)20(15,18)19/h1-2,5H,4,6,13H2,(H,14,16). The number of nitrogens with two attached hydrogens (primary N) is 1. The molecule has 0 aliphatic carbocycles. The maximum Gasteiger partial charge on any atom is 0.269 e. The number of nitriles is 1. The predicted molar refractivity (Wildman–Crippen MR) is 67.7 cm³/mol. The number of rotatable bonds is 3. The Morgan fingerprint density at radius 1 is 1.45 bits per heavy atom. The van der Waals surface area contributed by atoms with Gasteiger partial charge in [0.25, 0.3) is 15.9 Å². The Labute approximate surface area is 114 Å². The summed E-state index contributed by atoms with van der Waals surface area (Å²) >= 11 is 0. The number of nitrogens with zero attached hydrogens (tertiary/aromatic N) is 2. The Morgan fingerprint density at radius 3 is 2.80 bits per heavy atom. The number of sulfonamides is 1. The van der Waals surface area contributed by atoms with Gasteiger partial charge in [0.15, 0.2) is 0 Å². The molecule has 1 heterocycles. The minimum Gasteiger partial charge on any atom is -0.399 e. The Balaban J connectivity index is 2.33. The summed E-state index contributed by atoms with van der Waals surface area (Å²) in [5, 5.41) is 10.5. The molecule has 0 bridgehead atoms. The van der Waals surface area contributed by atoms with Gasteiger partial charge in [-0.25, -0.2) is 12.7 Å². The lowest BCUT2D eigenvalue weighted by Crippen LogP contribution is -2.40. The minimum absolute atomic E-state index is 0.0210. The number of fused-ring (bicyclic) bond motifs is 1. The van der Waals surface area contributed by atoms with E-state index in [0.29, 0.717) is 4.31 Å². The van der Waals surface area contributed by atoms with E-state index in [9.17, 15) is 18.0 Å². The third-order valence-corrected chi connectivity index (χ3v) is 4.45. The van der Waals surface area contributed by atoms with Gasteiger partial charge in [0.1, 0.15) is 18.0 Å². The van der Waals surface area contributed by atoms with Gasteiger partial charge >= 0.3 is 0 Å². The van der Waals surface area contributed by atoms with Crippen LogP contribution in [0.15, 0.2) is 23.1 Å². The van der Waals surface area contributed by atoms with Crippen LogP contribution in [0.2, 0.25) is 0 Å². The molecule has 0 radical (unpaired) electrons. The van der Waals surface area contributed by atoms with Gasteiger partial charge in [-0.3, -0.25) is 9.59 Å². The van der Waals surface area contributed by atoms with Crippen molar-refractivity contribution < 1.29 is 18.0 Å². The zero-order valence-corrected chi connectivity index (χ0v) is 11.0. The summed E-state index contributed by atoms with van der Waals surface area (Å²) < 4.78 is 24.8. The van der Waals surface area contributed by atoms with Gasteiger partial charge in [-0.2, -0.15) is 5.26 Å². The summed E-state index contributed by atoms with van der Waals surface area (Å²) in [6.45, 7) is -0.932. The summed E-state index contributed by atoms with van der Waals surface area (Å²) in [6.07, 6.45) is 0. The van der Waals surface area contributed by atoms with Crippen molar-refractivity contribution in [2.75, 3.05) is 18.8 Å². The van der Waals surface area contributed by atoms with Crippen molar-refractivity contribution in [3.63, 3.8) is 0 Å². The molecule has 0 unspecified atom stereocenters. The smallest absolute Gasteiger partial charge is 0.269 e. The second-order valence-electron chi connectivity index (χ2n) is 4.01. The molecule has 1 aliphatic rings. The fourth-order valence-corrected chi connectivity index (χ4v) is 3.33. The Morgan fingerprint density at radius 2 is 2.15 bits per heavy atom. The van der Waals surface area contributed by atoms with E-state index < -0.39 is 28.4 Å². The van der Waals surface area contributed by atoms with Gasteiger partial charge in [0.2, 0.25) is 5.91 Å². The van der Waals surface area contributed by atoms with Crippen LogP contribution in [0.3, 0.4) is 0 Å². The number of nitrogens with one attached hydrogen (secondary N) is 1. The normalized spacial score (nSPS) is 15.6. The van der Waals surface area contributed by atoms with Crippen molar-refractivity contribution in [1.29, 1.82) is 5.26 Å². The van der Waals surface area contributed by atoms with Crippen molar-refractivity contribution >= 4 is 27.5 Å². The molecule has 3 N–H and O–H groups in total. The van der Waals surface area contributed by atoms with Crippen LogP contribution in [0.4, 0.5) is 5.69 Å². The van der Waals surface area contributed by atoms with E-state index >= 15 is 0 Å². The molecule has 104 valence electrons. The maximum atomic E-state index is 12.2. The van der Waals surface area contributed by atoms with Crippen molar-refractivity contribution in [3.8, 4) is 6.07 Å². The highest BCUT2D eigenvalue weighted by Crippen LogP contribution is 2.31. The summed E-state index contributed by atoms with van der Waals surface area (Å²) in [5.74, 6) is -1.52. The topological polar surface area (TPSA) is 133 Å². The molecule has 1 aromatic carbocycles. The Kier molecular flexibility index (Phi) is 3.33. The van der Waals surface area contributed by atoms with Crippen LogP contribution < -0.4 is 11.1 Å². The van der Waals surface area contributed by atoms with Crippen LogP contribution in [0.5, 0.6) is 0 Å². The van der Waals surface area contributed by atoms with Crippen LogP contribution in [0, 0.1) is 11.3 Å². The summed E-state index contributed by atoms with van der Waals surface area (Å²) in [4.78, 5) is 23.2. The van der Waals surface area contributed by atoms with Crippen molar-refractivity contribution in [2.45, 2.75) is 4.90 Å². The van der Waals surface area contributed by atoms with E-state index in [-0.39, 0.29) is 22.7 Å².